The van der Waals surface area contributed by atoms with Crippen LogP contribution in [0.25, 0.3) is 0 Å². The topological polar surface area (TPSA) is 63.0 Å². The van der Waals surface area contributed by atoms with Crippen molar-refractivity contribution in [2.75, 3.05) is 33.8 Å². The van der Waals surface area contributed by atoms with E-state index in [4.69, 9.17) is 9.15 Å². The number of ether oxygens (including phenoxy) is 1. The lowest BCUT2D eigenvalue weighted by Crippen LogP contribution is -2.36. The summed E-state index contributed by atoms with van der Waals surface area (Å²) in [6, 6.07) is 10.8. The number of benzene rings is 1. The maximum atomic E-state index is 12.6. The monoisotopic (exact) mass is 372 g/mol. The average molecular weight is 372 g/mol. The minimum atomic E-state index is 0.0292. The molecular weight excluding hydrogens is 344 g/mol. The molecule has 6 heteroatoms. The molecule has 0 saturated heterocycles. The number of furan rings is 1. The Hall–Kier alpha value is -2.60. The van der Waals surface area contributed by atoms with Crippen molar-refractivity contribution in [3.05, 3.63) is 54.0 Å². The lowest BCUT2D eigenvalue weighted by Gasteiger charge is -2.23. The van der Waals surface area contributed by atoms with Crippen LogP contribution in [0.15, 0.2) is 47.1 Å². The van der Waals surface area contributed by atoms with Crippen molar-refractivity contribution >= 4 is 11.7 Å². The van der Waals surface area contributed by atoms with E-state index < -0.39 is 0 Å². The van der Waals surface area contributed by atoms with Crippen molar-refractivity contribution in [3.63, 3.8) is 0 Å². The van der Waals surface area contributed by atoms with Gasteiger partial charge in [-0.3, -0.25) is 9.59 Å². The zero-order valence-corrected chi connectivity index (χ0v) is 16.3. The number of hydrogen-bond acceptors (Lipinski definition) is 5. The summed E-state index contributed by atoms with van der Waals surface area (Å²) in [6.45, 7) is 3.91. The van der Waals surface area contributed by atoms with E-state index in [1.54, 1.807) is 30.5 Å². The van der Waals surface area contributed by atoms with E-state index >= 15 is 0 Å². The largest absolute Gasteiger partial charge is 0.494 e. The van der Waals surface area contributed by atoms with E-state index in [1.165, 1.54) is 6.92 Å². The van der Waals surface area contributed by atoms with Crippen LogP contribution in [0.5, 0.6) is 5.75 Å². The van der Waals surface area contributed by atoms with Crippen LogP contribution in [-0.4, -0.2) is 55.3 Å². The molecule has 1 aromatic heterocycles. The summed E-state index contributed by atoms with van der Waals surface area (Å²) in [5.74, 6) is 1.60. The van der Waals surface area contributed by atoms with Gasteiger partial charge in [-0.05, 0) is 63.8 Å². The fourth-order valence-electron chi connectivity index (χ4n) is 2.56. The van der Waals surface area contributed by atoms with Gasteiger partial charge in [-0.2, -0.15) is 0 Å². The number of likely N-dealkylation sites (N-methyl/N-ethyl adjacent to an activating group) is 1. The molecule has 0 fully saturated rings. The fraction of sp³-hybridized carbons (Fsp3) is 0.429. The number of hydrogen-bond donors (Lipinski definition) is 0. The summed E-state index contributed by atoms with van der Waals surface area (Å²) in [6.07, 6.45) is 2.67. The number of ketones is 1. The first-order valence-corrected chi connectivity index (χ1v) is 9.14. The smallest absolute Gasteiger partial charge is 0.223 e. The van der Waals surface area contributed by atoms with Crippen molar-refractivity contribution < 1.29 is 18.7 Å². The number of carbonyl (C=O) groups is 2. The Balaban J connectivity index is 1.78. The zero-order valence-electron chi connectivity index (χ0n) is 16.3. The Morgan fingerprint density at radius 3 is 2.41 bits per heavy atom. The molecule has 0 unspecified atom stereocenters. The van der Waals surface area contributed by atoms with Crippen molar-refractivity contribution in [2.45, 2.75) is 26.3 Å². The lowest BCUT2D eigenvalue weighted by molar-refractivity contribution is -0.132. The predicted molar refractivity (Wildman–Crippen MR) is 104 cm³/mol. The summed E-state index contributed by atoms with van der Waals surface area (Å²) in [5.41, 5.74) is 0.659. The maximum absolute atomic E-state index is 12.6. The molecule has 1 aromatic carbocycles. The molecule has 0 aliphatic carbocycles. The highest BCUT2D eigenvalue weighted by atomic mass is 16.5. The zero-order chi connectivity index (χ0) is 19.6. The van der Waals surface area contributed by atoms with Crippen molar-refractivity contribution in [1.29, 1.82) is 0 Å². The van der Waals surface area contributed by atoms with Crippen LogP contribution in [-0.2, 0) is 11.3 Å². The predicted octanol–water partition coefficient (Wildman–Crippen LogP) is 3.23. The van der Waals surface area contributed by atoms with E-state index in [0.717, 1.165) is 12.3 Å². The molecule has 1 amide bonds. The van der Waals surface area contributed by atoms with E-state index in [0.29, 0.717) is 43.9 Å². The third-order valence-electron chi connectivity index (χ3n) is 4.16. The molecule has 0 bridgehead atoms. The summed E-state index contributed by atoms with van der Waals surface area (Å²) in [7, 11) is 3.97. The van der Waals surface area contributed by atoms with Crippen LogP contribution < -0.4 is 4.74 Å². The van der Waals surface area contributed by atoms with E-state index in [-0.39, 0.29) is 11.7 Å². The Morgan fingerprint density at radius 1 is 1.07 bits per heavy atom. The van der Waals surface area contributed by atoms with Gasteiger partial charge in [0.1, 0.15) is 11.5 Å². The minimum Gasteiger partial charge on any atom is -0.494 e. The van der Waals surface area contributed by atoms with Gasteiger partial charge >= 0.3 is 0 Å². The molecule has 27 heavy (non-hydrogen) atoms. The fourth-order valence-corrected chi connectivity index (χ4v) is 2.56. The molecule has 0 aliphatic rings. The van der Waals surface area contributed by atoms with Crippen molar-refractivity contribution in [3.8, 4) is 5.75 Å². The first-order chi connectivity index (χ1) is 13.0. The number of carbonyl (C=O) groups excluding carboxylic acids is 2. The van der Waals surface area contributed by atoms with Gasteiger partial charge in [-0.1, -0.05) is 0 Å². The molecule has 146 valence electrons. The van der Waals surface area contributed by atoms with Crippen LogP contribution in [0.1, 0.15) is 35.9 Å². The Labute approximate surface area is 160 Å². The number of Topliss-reactive ketones (excluding diaryl/α,β-unsaturated/α-hetero) is 1. The average Bonchev–Trinajstić information content (AvgIpc) is 3.15. The van der Waals surface area contributed by atoms with Crippen LogP contribution in [0.3, 0.4) is 0 Å². The quantitative estimate of drug-likeness (QED) is 0.448. The molecule has 2 aromatic rings. The first-order valence-electron chi connectivity index (χ1n) is 9.14. The molecule has 0 N–H and O–H groups in total. The second-order valence-electron chi connectivity index (χ2n) is 6.73. The van der Waals surface area contributed by atoms with E-state index in [9.17, 15) is 9.59 Å². The molecule has 0 spiro atoms. The number of amides is 1. The second kappa shape index (κ2) is 10.5. The summed E-state index contributed by atoms with van der Waals surface area (Å²) < 4.78 is 11.0. The number of nitrogens with zero attached hydrogens (tertiary/aromatic N) is 2. The van der Waals surface area contributed by atoms with Gasteiger partial charge in [0.15, 0.2) is 5.78 Å². The lowest BCUT2D eigenvalue weighted by atomic mass is 10.1. The standard InChI is InChI=1S/C21H28N2O4/c1-17(24)18-8-10-19(11-9-18)26-15-5-7-21(25)23(13-12-22(2)3)16-20-6-4-14-27-20/h4,6,8-11,14H,5,7,12-13,15-16H2,1-3H3. The van der Waals surface area contributed by atoms with E-state index in [2.05, 4.69) is 4.90 Å². The molecular formula is C21H28N2O4. The van der Waals surface area contributed by atoms with Gasteiger partial charge in [0.25, 0.3) is 0 Å². The van der Waals surface area contributed by atoms with Crippen molar-refractivity contribution in [2.24, 2.45) is 0 Å². The van der Waals surface area contributed by atoms with Gasteiger partial charge < -0.3 is 19.0 Å². The highest BCUT2D eigenvalue weighted by molar-refractivity contribution is 5.94. The molecule has 1 heterocycles. The SMILES string of the molecule is CC(=O)c1ccc(OCCCC(=O)N(CCN(C)C)Cc2ccco2)cc1. The Kier molecular flexibility index (Phi) is 8.07. The summed E-state index contributed by atoms with van der Waals surface area (Å²) in [4.78, 5) is 27.7. The normalized spacial score (nSPS) is 10.8. The molecule has 0 atom stereocenters. The molecule has 2 rings (SSSR count). The van der Waals surface area contributed by atoms with Gasteiger partial charge in [0.05, 0.1) is 19.4 Å². The highest BCUT2D eigenvalue weighted by Gasteiger charge is 2.15. The van der Waals surface area contributed by atoms with Gasteiger partial charge in [0, 0.05) is 25.1 Å². The van der Waals surface area contributed by atoms with Gasteiger partial charge in [-0.15, -0.1) is 0 Å². The molecule has 0 aliphatic heterocycles. The summed E-state index contributed by atoms with van der Waals surface area (Å²) in [5, 5.41) is 0. The maximum Gasteiger partial charge on any atom is 0.223 e. The van der Waals surface area contributed by atoms with Crippen LogP contribution in [0, 0.1) is 0 Å². The van der Waals surface area contributed by atoms with Crippen LogP contribution >= 0.6 is 0 Å². The van der Waals surface area contributed by atoms with Gasteiger partial charge in [-0.25, -0.2) is 0 Å². The highest BCUT2D eigenvalue weighted by Crippen LogP contribution is 2.14. The third-order valence-corrected chi connectivity index (χ3v) is 4.16. The van der Waals surface area contributed by atoms with Crippen LogP contribution in [0.4, 0.5) is 0 Å². The third kappa shape index (κ3) is 7.27. The second-order valence-corrected chi connectivity index (χ2v) is 6.73. The summed E-state index contributed by atoms with van der Waals surface area (Å²) >= 11 is 0. The minimum absolute atomic E-state index is 0.0292. The van der Waals surface area contributed by atoms with Crippen LogP contribution in [0.2, 0.25) is 0 Å². The Bertz CT molecular complexity index is 708. The first kappa shape index (κ1) is 20.7. The Morgan fingerprint density at radius 2 is 1.81 bits per heavy atom. The van der Waals surface area contributed by atoms with E-state index in [1.807, 2.05) is 31.1 Å². The molecule has 6 nitrogen and oxygen atoms in total. The van der Waals surface area contributed by atoms with Gasteiger partial charge in [0.2, 0.25) is 5.91 Å². The molecule has 0 saturated carbocycles. The van der Waals surface area contributed by atoms with Crippen molar-refractivity contribution in [1.82, 2.24) is 9.80 Å². The molecule has 0 radical (unpaired) electrons. The number of rotatable bonds is 11.